The minimum absolute atomic E-state index is 0.0362. The van der Waals surface area contributed by atoms with Crippen molar-refractivity contribution in [2.45, 2.75) is 57.5 Å². The molecule has 0 saturated carbocycles. The molecule has 2 saturated heterocycles. The maximum Gasteiger partial charge on any atom is 0.260 e. The SMILES string of the molecule is CC(C)c1nc(CC2CCOC3(CCN(C(=O)COc4ccccc4)CC3)C2)no1. The highest BCUT2D eigenvalue weighted by atomic mass is 16.5. The Bertz CT molecular complexity index is 828. The topological polar surface area (TPSA) is 77.7 Å². The van der Waals surface area contributed by atoms with E-state index >= 15 is 0 Å². The molecule has 1 spiro atoms. The highest BCUT2D eigenvalue weighted by Gasteiger charge is 2.41. The molecule has 1 amide bonds. The highest BCUT2D eigenvalue weighted by Crippen LogP contribution is 2.38. The van der Waals surface area contributed by atoms with E-state index in [2.05, 4.69) is 24.0 Å². The van der Waals surface area contributed by atoms with Crippen molar-refractivity contribution in [3.8, 4) is 5.75 Å². The molecule has 30 heavy (non-hydrogen) atoms. The molecular formula is C23H31N3O4. The second-order valence-corrected chi connectivity index (χ2v) is 8.78. The first-order valence-corrected chi connectivity index (χ1v) is 10.9. The maximum absolute atomic E-state index is 12.5. The summed E-state index contributed by atoms with van der Waals surface area (Å²) < 4.78 is 17.2. The summed E-state index contributed by atoms with van der Waals surface area (Å²) in [5.74, 6) is 3.00. The van der Waals surface area contributed by atoms with E-state index < -0.39 is 0 Å². The quantitative estimate of drug-likeness (QED) is 0.720. The van der Waals surface area contributed by atoms with Gasteiger partial charge in [0.25, 0.3) is 5.91 Å². The van der Waals surface area contributed by atoms with Gasteiger partial charge < -0.3 is 18.9 Å². The first-order valence-electron chi connectivity index (χ1n) is 10.9. The van der Waals surface area contributed by atoms with E-state index in [0.717, 1.165) is 50.3 Å². The minimum atomic E-state index is -0.134. The fraction of sp³-hybridized carbons (Fsp3) is 0.609. The van der Waals surface area contributed by atoms with Gasteiger partial charge in [-0.2, -0.15) is 4.98 Å². The fourth-order valence-electron chi connectivity index (χ4n) is 4.41. The number of likely N-dealkylation sites (tertiary alicyclic amines) is 1. The van der Waals surface area contributed by atoms with Gasteiger partial charge in [-0.1, -0.05) is 37.2 Å². The second-order valence-electron chi connectivity index (χ2n) is 8.78. The van der Waals surface area contributed by atoms with Gasteiger partial charge in [-0.3, -0.25) is 4.79 Å². The van der Waals surface area contributed by atoms with E-state index in [1.165, 1.54) is 0 Å². The van der Waals surface area contributed by atoms with Crippen molar-refractivity contribution in [3.05, 3.63) is 42.0 Å². The number of nitrogens with zero attached hydrogens (tertiary/aromatic N) is 3. The Hall–Kier alpha value is -2.41. The van der Waals surface area contributed by atoms with Crippen LogP contribution in [0.5, 0.6) is 5.75 Å². The number of aromatic nitrogens is 2. The first kappa shape index (κ1) is 20.8. The van der Waals surface area contributed by atoms with E-state index in [9.17, 15) is 4.79 Å². The lowest BCUT2D eigenvalue weighted by Gasteiger charge is -2.46. The van der Waals surface area contributed by atoms with E-state index in [4.69, 9.17) is 14.0 Å². The molecule has 1 aromatic heterocycles. The van der Waals surface area contributed by atoms with Crippen LogP contribution in [0, 0.1) is 5.92 Å². The molecule has 162 valence electrons. The average molecular weight is 414 g/mol. The number of rotatable bonds is 6. The summed E-state index contributed by atoms with van der Waals surface area (Å²) in [5.41, 5.74) is -0.134. The standard InChI is InChI=1S/C23H31N3O4/c1-17(2)22-24-20(25-30-22)14-18-8-13-29-23(15-18)9-11-26(12-10-23)21(27)16-28-19-6-4-3-5-7-19/h3-7,17-18H,8-16H2,1-2H3. The number of carbonyl (C=O) groups excluding carboxylic acids is 1. The van der Waals surface area contributed by atoms with Crippen LogP contribution in [0.1, 0.15) is 57.2 Å². The van der Waals surface area contributed by atoms with Gasteiger partial charge in [-0.05, 0) is 43.7 Å². The third kappa shape index (κ3) is 5.01. The number of hydrogen-bond acceptors (Lipinski definition) is 6. The van der Waals surface area contributed by atoms with Crippen LogP contribution >= 0.6 is 0 Å². The van der Waals surface area contributed by atoms with Crippen LogP contribution in [-0.2, 0) is 16.0 Å². The molecule has 7 nitrogen and oxygen atoms in total. The molecule has 1 unspecified atom stereocenters. The summed E-state index contributed by atoms with van der Waals surface area (Å²) in [4.78, 5) is 19.0. The number of piperidine rings is 1. The van der Waals surface area contributed by atoms with Crippen LogP contribution < -0.4 is 4.74 Å². The third-order valence-corrected chi connectivity index (χ3v) is 6.18. The Morgan fingerprint density at radius 3 is 2.73 bits per heavy atom. The molecule has 2 aromatic rings. The molecule has 0 bridgehead atoms. The maximum atomic E-state index is 12.5. The lowest BCUT2D eigenvalue weighted by Crippen LogP contribution is -2.51. The summed E-state index contributed by atoms with van der Waals surface area (Å²) in [6.45, 7) is 6.37. The highest BCUT2D eigenvalue weighted by molar-refractivity contribution is 5.77. The fourth-order valence-corrected chi connectivity index (χ4v) is 4.41. The van der Waals surface area contributed by atoms with Crippen LogP contribution in [0.3, 0.4) is 0 Å². The molecule has 7 heteroatoms. The Kier molecular flexibility index (Phi) is 6.37. The molecule has 4 rings (SSSR count). The van der Waals surface area contributed by atoms with Crippen molar-refractivity contribution < 1.29 is 18.8 Å². The average Bonchev–Trinajstić information content (AvgIpc) is 3.22. The molecule has 2 aliphatic rings. The van der Waals surface area contributed by atoms with E-state index in [1.54, 1.807) is 0 Å². The Labute approximate surface area is 177 Å². The van der Waals surface area contributed by atoms with Crippen molar-refractivity contribution in [1.82, 2.24) is 15.0 Å². The van der Waals surface area contributed by atoms with E-state index in [0.29, 0.717) is 24.9 Å². The van der Waals surface area contributed by atoms with Gasteiger partial charge >= 0.3 is 0 Å². The van der Waals surface area contributed by atoms with Gasteiger partial charge in [0.2, 0.25) is 5.89 Å². The normalized spacial score (nSPS) is 21.2. The van der Waals surface area contributed by atoms with Gasteiger partial charge in [0, 0.05) is 32.0 Å². The van der Waals surface area contributed by atoms with Crippen molar-refractivity contribution in [1.29, 1.82) is 0 Å². The molecule has 3 heterocycles. The van der Waals surface area contributed by atoms with E-state index in [-0.39, 0.29) is 24.0 Å². The smallest absolute Gasteiger partial charge is 0.260 e. The number of benzene rings is 1. The monoisotopic (exact) mass is 413 g/mol. The van der Waals surface area contributed by atoms with Crippen molar-refractivity contribution >= 4 is 5.91 Å². The van der Waals surface area contributed by atoms with Gasteiger partial charge in [-0.15, -0.1) is 0 Å². The Morgan fingerprint density at radius 1 is 1.27 bits per heavy atom. The molecule has 2 aliphatic heterocycles. The molecule has 1 atom stereocenters. The van der Waals surface area contributed by atoms with Gasteiger partial charge in [-0.25, -0.2) is 0 Å². The van der Waals surface area contributed by atoms with Crippen molar-refractivity contribution in [2.75, 3.05) is 26.3 Å². The molecule has 0 aliphatic carbocycles. The Morgan fingerprint density at radius 2 is 2.03 bits per heavy atom. The molecule has 0 N–H and O–H groups in total. The van der Waals surface area contributed by atoms with Crippen molar-refractivity contribution in [2.24, 2.45) is 5.92 Å². The zero-order valence-corrected chi connectivity index (χ0v) is 17.9. The first-order chi connectivity index (χ1) is 14.5. The number of hydrogen-bond donors (Lipinski definition) is 0. The van der Waals surface area contributed by atoms with Gasteiger partial charge in [0.05, 0.1) is 5.60 Å². The predicted molar refractivity (Wildman–Crippen MR) is 111 cm³/mol. The number of amides is 1. The lowest BCUT2D eigenvalue weighted by molar-refractivity contribution is -0.148. The van der Waals surface area contributed by atoms with Gasteiger partial charge in [0.15, 0.2) is 12.4 Å². The molecular weight excluding hydrogens is 382 g/mol. The van der Waals surface area contributed by atoms with Crippen LogP contribution in [0.15, 0.2) is 34.9 Å². The molecule has 0 radical (unpaired) electrons. The van der Waals surface area contributed by atoms with Crippen LogP contribution in [0.25, 0.3) is 0 Å². The van der Waals surface area contributed by atoms with Crippen molar-refractivity contribution in [3.63, 3.8) is 0 Å². The summed E-state index contributed by atoms with van der Waals surface area (Å²) in [6.07, 6.45) is 4.56. The number of ether oxygens (including phenoxy) is 2. The summed E-state index contributed by atoms with van der Waals surface area (Å²) >= 11 is 0. The zero-order chi connectivity index (χ0) is 21.0. The summed E-state index contributed by atoms with van der Waals surface area (Å²) in [7, 11) is 0. The Balaban J connectivity index is 1.27. The zero-order valence-electron chi connectivity index (χ0n) is 17.9. The van der Waals surface area contributed by atoms with Crippen LogP contribution in [0.2, 0.25) is 0 Å². The van der Waals surface area contributed by atoms with Gasteiger partial charge in [0.1, 0.15) is 5.75 Å². The number of carbonyl (C=O) groups is 1. The third-order valence-electron chi connectivity index (χ3n) is 6.18. The largest absolute Gasteiger partial charge is 0.484 e. The lowest BCUT2D eigenvalue weighted by atomic mass is 9.78. The van der Waals surface area contributed by atoms with Crippen LogP contribution in [0.4, 0.5) is 0 Å². The molecule has 1 aromatic carbocycles. The molecule has 2 fully saturated rings. The predicted octanol–water partition coefficient (Wildman–Crippen LogP) is 3.60. The van der Waals surface area contributed by atoms with E-state index in [1.807, 2.05) is 35.2 Å². The number of para-hydroxylation sites is 1. The summed E-state index contributed by atoms with van der Waals surface area (Å²) in [6, 6.07) is 9.46. The minimum Gasteiger partial charge on any atom is -0.484 e. The summed E-state index contributed by atoms with van der Waals surface area (Å²) in [5, 5.41) is 4.15. The second kappa shape index (κ2) is 9.16. The van der Waals surface area contributed by atoms with Crippen LogP contribution in [-0.4, -0.2) is 52.9 Å².